The molecule has 0 aliphatic carbocycles. The molecule has 0 atom stereocenters. The minimum absolute atomic E-state index is 1.38. The van der Waals surface area contributed by atoms with Crippen LogP contribution in [0.2, 0.25) is 13.8 Å². The molecule has 0 aliphatic heterocycles. The molecule has 0 bridgehead atoms. The predicted molar refractivity (Wildman–Crippen MR) is 74.3 cm³/mol. The summed E-state index contributed by atoms with van der Waals surface area (Å²) in [7, 11) is 0. The molecule has 0 rings (SSSR count). The Morgan fingerprint density at radius 2 is 1.23 bits per heavy atom. The average molecular weight is 403 g/mol. The topological polar surface area (TPSA) is 0 Å². The third-order valence-electron chi connectivity index (χ3n) is 2.60. The molecule has 2 heteroatoms. The van der Waals surface area contributed by atoms with Crippen LogP contribution in [0, 0.1) is 0 Å². The van der Waals surface area contributed by atoms with Crippen molar-refractivity contribution < 1.29 is 0 Å². The van der Waals surface area contributed by atoms with Crippen LogP contribution in [0.5, 0.6) is 0 Å². The summed E-state index contributed by atoms with van der Waals surface area (Å²) in [6.45, 7) is 4.61. The van der Waals surface area contributed by atoms with Gasteiger partial charge in [0.2, 0.25) is 0 Å². The van der Waals surface area contributed by atoms with Crippen LogP contribution in [0.4, 0.5) is 0 Å². The molecule has 0 saturated carbocycles. The molecule has 0 spiro atoms. The van der Waals surface area contributed by atoms with Gasteiger partial charge in [0.05, 0.1) is 0 Å². The molecule has 0 amide bonds. The van der Waals surface area contributed by atoms with Crippen LogP contribution in [0.15, 0.2) is 0 Å². The monoisotopic (exact) mass is 404 g/mol. The molecule has 0 saturated heterocycles. The molecule has 0 nitrogen and oxygen atoms in total. The Labute approximate surface area is 98.3 Å². The van der Waals surface area contributed by atoms with Crippen LogP contribution in [-0.2, 0) is 0 Å². The molecule has 0 aromatic heterocycles. The first-order valence-corrected chi connectivity index (χ1v) is 21.0. The molecule has 0 aromatic rings. The zero-order valence-corrected chi connectivity index (χ0v) is 14.5. The molecule has 0 aromatic carbocycles. The van der Waals surface area contributed by atoms with Gasteiger partial charge in [-0.25, -0.2) is 0 Å². The summed E-state index contributed by atoms with van der Waals surface area (Å²) in [5.74, 6) is 0. The van der Waals surface area contributed by atoms with Gasteiger partial charge in [-0.2, -0.15) is 0 Å². The number of hydrogen-bond acceptors (Lipinski definition) is 0. The van der Waals surface area contributed by atoms with Crippen molar-refractivity contribution in [2.75, 3.05) is 0 Å². The van der Waals surface area contributed by atoms with E-state index in [-0.39, 0.29) is 0 Å². The van der Waals surface area contributed by atoms with Crippen molar-refractivity contribution in [1.82, 2.24) is 0 Å². The summed E-state index contributed by atoms with van der Waals surface area (Å²) in [4.78, 5) is 2.63. The van der Waals surface area contributed by atoms with Gasteiger partial charge in [0.25, 0.3) is 0 Å². The first kappa shape index (κ1) is 14.5. The normalized spacial score (nSPS) is 12.0. The van der Waals surface area contributed by atoms with Crippen molar-refractivity contribution in [3.8, 4) is 0 Å². The van der Waals surface area contributed by atoms with Gasteiger partial charge in [-0.3, -0.25) is 0 Å². The van der Waals surface area contributed by atoms with Crippen molar-refractivity contribution in [2.24, 2.45) is 0 Å². The second-order valence-electron chi connectivity index (χ2n) is 4.33. The summed E-state index contributed by atoms with van der Waals surface area (Å²) >= 11 is 1.35. The van der Waals surface area contributed by atoms with Crippen LogP contribution in [0.25, 0.3) is 0 Å². The standard InChI is InChI=1S/2C5H11.CH3.HI.Sn/c2*1-3-5-4-2;;;/h2*1,3-5H2,2H3;1H3;1H;/q;;;;+1/p-1. The zero-order valence-electron chi connectivity index (χ0n) is 9.53. The molecule has 0 heterocycles. The Morgan fingerprint density at radius 3 is 1.54 bits per heavy atom. The predicted octanol–water partition coefficient (Wildman–Crippen LogP) is 5.38. The molecular weight excluding hydrogens is 378 g/mol. The number of halogens is 1. The van der Waals surface area contributed by atoms with Crippen molar-refractivity contribution in [1.29, 1.82) is 0 Å². The molecule has 0 fully saturated rings. The minimum atomic E-state index is -1.51. The summed E-state index contributed by atoms with van der Waals surface area (Å²) in [5, 5.41) is 0. The van der Waals surface area contributed by atoms with E-state index in [2.05, 4.69) is 37.4 Å². The molecule has 0 unspecified atom stereocenters. The van der Waals surface area contributed by atoms with Crippen molar-refractivity contribution in [3.63, 3.8) is 0 Å². The molecule has 0 N–H and O–H groups in total. The van der Waals surface area contributed by atoms with Gasteiger partial charge in [0, 0.05) is 0 Å². The quantitative estimate of drug-likeness (QED) is 0.290. The van der Waals surface area contributed by atoms with Gasteiger partial charge in [0.1, 0.15) is 0 Å². The van der Waals surface area contributed by atoms with Crippen molar-refractivity contribution in [3.05, 3.63) is 0 Å². The van der Waals surface area contributed by atoms with Gasteiger partial charge < -0.3 is 0 Å². The Bertz CT molecular complexity index is 101. The fraction of sp³-hybridized carbons (Fsp3) is 1.00. The van der Waals surface area contributed by atoms with Gasteiger partial charge in [-0.05, 0) is 0 Å². The first-order valence-electron chi connectivity index (χ1n) is 5.81. The maximum atomic E-state index is 2.87. The van der Waals surface area contributed by atoms with E-state index in [9.17, 15) is 0 Å². The third kappa shape index (κ3) is 9.82. The van der Waals surface area contributed by atoms with Crippen LogP contribution in [0.1, 0.15) is 52.4 Å². The van der Waals surface area contributed by atoms with Crippen LogP contribution in [-0.4, -0.2) is 14.4 Å². The van der Waals surface area contributed by atoms with E-state index in [4.69, 9.17) is 0 Å². The van der Waals surface area contributed by atoms with Gasteiger partial charge in [-0.1, -0.05) is 0 Å². The average Bonchev–Trinajstić information content (AvgIpc) is 2.05. The summed E-state index contributed by atoms with van der Waals surface area (Å²) in [5.41, 5.74) is 0. The Hall–Kier alpha value is 1.53. The number of rotatable bonds is 8. The second kappa shape index (κ2) is 8.81. The molecule has 80 valence electrons. The zero-order chi connectivity index (χ0) is 10.2. The third-order valence-corrected chi connectivity index (χ3v) is 17.8. The maximum absolute atomic E-state index is 2.87. The van der Waals surface area contributed by atoms with Crippen LogP contribution >= 0.6 is 18.6 Å². The van der Waals surface area contributed by atoms with Crippen LogP contribution < -0.4 is 0 Å². The first-order chi connectivity index (χ1) is 6.12. The van der Waals surface area contributed by atoms with Gasteiger partial charge in [0.15, 0.2) is 0 Å². The van der Waals surface area contributed by atoms with Gasteiger partial charge in [-0.15, -0.1) is 0 Å². The molecule has 0 radical (unpaired) electrons. The molecular formula is C11H25ISn. The fourth-order valence-electron chi connectivity index (χ4n) is 1.61. The molecule has 0 aliphatic rings. The van der Waals surface area contributed by atoms with E-state index in [1.807, 2.05) is 0 Å². The SMILES string of the molecule is CCCC[CH2][Sn]([CH3])([I])[CH2]CCCC. The number of unbranched alkanes of at least 4 members (excludes halogenated alkanes) is 4. The summed E-state index contributed by atoms with van der Waals surface area (Å²) in [6, 6.07) is 0. The summed E-state index contributed by atoms with van der Waals surface area (Å²) < 4.78 is 3.24. The van der Waals surface area contributed by atoms with Crippen molar-refractivity contribution >= 4 is 33.0 Å². The summed E-state index contributed by atoms with van der Waals surface area (Å²) in [6.07, 6.45) is 8.71. The van der Waals surface area contributed by atoms with Gasteiger partial charge >= 0.3 is 99.2 Å². The van der Waals surface area contributed by atoms with E-state index in [0.717, 1.165) is 0 Å². The molecule has 13 heavy (non-hydrogen) atoms. The fourth-order valence-corrected chi connectivity index (χ4v) is 13.1. The van der Waals surface area contributed by atoms with E-state index in [1.165, 1.54) is 38.5 Å². The van der Waals surface area contributed by atoms with Crippen molar-refractivity contribution in [2.45, 2.75) is 66.2 Å². The number of hydrogen-bond donors (Lipinski definition) is 0. The second-order valence-corrected chi connectivity index (χ2v) is 32.7. The Kier molecular flexibility index (Phi) is 9.84. The van der Waals surface area contributed by atoms with Crippen LogP contribution in [0.3, 0.4) is 0 Å². The van der Waals surface area contributed by atoms with E-state index in [1.54, 1.807) is 8.87 Å². The van der Waals surface area contributed by atoms with E-state index >= 15 is 0 Å². The Balaban J connectivity index is 3.42. The van der Waals surface area contributed by atoms with E-state index in [0.29, 0.717) is 0 Å². The Morgan fingerprint density at radius 1 is 0.846 bits per heavy atom. The van der Waals surface area contributed by atoms with E-state index < -0.39 is 14.4 Å².